The lowest BCUT2D eigenvalue weighted by atomic mass is 9.64. The van der Waals surface area contributed by atoms with Gasteiger partial charge in [-0.1, -0.05) is 0 Å². The number of rotatable bonds is 4. The third kappa shape index (κ3) is 2.66. The summed E-state index contributed by atoms with van der Waals surface area (Å²) in [6, 6.07) is -0.687. The highest BCUT2D eigenvalue weighted by atomic mass is 19.4. The highest BCUT2D eigenvalue weighted by molar-refractivity contribution is 5.82. The largest absolute Gasteiger partial charge is 0.490 e. The van der Waals surface area contributed by atoms with Crippen LogP contribution in [0.15, 0.2) is 0 Å². The lowest BCUT2D eigenvalue weighted by Gasteiger charge is -2.46. The van der Waals surface area contributed by atoms with Crippen LogP contribution in [0.4, 0.5) is 18.0 Å². The number of ether oxygens (including phenoxy) is 4. The highest BCUT2D eigenvalue weighted by Crippen LogP contribution is 2.65. The van der Waals surface area contributed by atoms with Crippen LogP contribution in [0.1, 0.15) is 26.2 Å². The molecule has 0 aromatic carbocycles. The second-order valence-electron chi connectivity index (χ2n) is 7.24. The zero-order valence-corrected chi connectivity index (χ0v) is 15.7. The van der Waals surface area contributed by atoms with Crippen molar-refractivity contribution in [2.45, 2.75) is 50.1 Å². The molecule has 8 nitrogen and oxygen atoms in total. The number of carbonyl (C=O) groups excluding carboxylic acids is 3. The Morgan fingerprint density at radius 2 is 1.86 bits per heavy atom. The maximum absolute atomic E-state index is 12.8. The van der Waals surface area contributed by atoms with Crippen molar-refractivity contribution in [2.75, 3.05) is 27.4 Å². The van der Waals surface area contributed by atoms with Crippen LogP contribution in [0.25, 0.3) is 0 Å². The van der Waals surface area contributed by atoms with E-state index >= 15 is 0 Å². The first-order valence-corrected chi connectivity index (χ1v) is 8.93. The molecule has 3 rings (SSSR count). The van der Waals surface area contributed by atoms with E-state index in [0.717, 1.165) is 7.11 Å². The fraction of sp³-hybridized carbons (Fsp3) is 0.824. The maximum atomic E-state index is 12.8. The van der Waals surface area contributed by atoms with E-state index in [1.807, 2.05) is 0 Å². The minimum Gasteiger partial charge on any atom is -0.468 e. The minimum absolute atomic E-state index is 0.0342. The second-order valence-corrected chi connectivity index (χ2v) is 7.24. The first-order chi connectivity index (χ1) is 13.1. The molecule has 3 aliphatic rings. The predicted octanol–water partition coefficient (Wildman–Crippen LogP) is 1.66. The molecule has 11 heteroatoms. The maximum Gasteiger partial charge on any atom is 0.490 e. The molecule has 0 aromatic rings. The van der Waals surface area contributed by atoms with E-state index in [-0.39, 0.29) is 26.0 Å². The SMILES string of the molecule is CCOC(=O)N1C[C@@H]2[C@@]3(OC)CC[C@]2(C(=O)OC)[C@@H](OC(=O)C(F)(F)F)C[C@@H]13. The molecule has 0 radical (unpaired) electrons. The Morgan fingerprint density at radius 1 is 1.18 bits per heavy atom. The molecule has 4 bridgehead atoms. The highest BCUT2D eigenvalue weighted by Gasteiger charge is 2.77. The number of alkyl halides is 3. The average Bonchev–Trinajstić information content (AvgIpc) is 3.03. The van der Waals surface area contributed by atoms with Crippen molar-refractivity contribution in [3.63, 3.8) is 0 Å². The molecule has 1 aliphatic heterocycles. The van der Waals surface area contributed by atoms with Crippen LogP contribution < -0.4 is 0 Å². The zero-order chi connectivity index (χ0) is 20.9. The Balaban J connectivity index is 2.04. The lowest BCUT2D eigenvalue weighted by Crippen LogP contribution is -2.60. The van der Waals surface area contributed by atoms with Gasteiger partial charge in [0.1, 0.15) is 11.5 Å². The normalized spacial score (nSPS) is 36.2. The van der Waals surface area contributed by atoms with Gasteiger partial charge in [0.25, 0.3) is 0 Å². The molecule has 0 N–H and O–H groups in total. The van der Waals surface area contributed by atoms with Crippen LogP contribution in [0.2, 0.25) is 0 Å². The standard InChI is InChI=1S/C17H22F3NO7/c1-4-27-14(24)21-8-9-15(12(22)25-2)5-6-16(9,26-3)10(21)7-11(15)28-13(23)17(18,19)20/h9-11H,4-8H2,1-3H3/t9-,10+,11-,15+,16-/m0/s1. The first-order valence-electron chi connectivity index (χ1n) is 8.93. The number of carbonyl (C=O) groups is 3. The van der Waals surface area contributed by atoms with Crippen molar-refractivity contribution in [2.24, 2.45) is 11.3 Å². The number of esters is 2. The van der Waals surface area contributed by atoms with E-state index < -0.39 is 53.3 Å². The smallest absolute Gasteiger partial charge is 0.468 e. The number of nitrogens with zero attached hydrogens (tertiary/aromatic N) is 1. The summed E-state index contributed by atoms with van der Waals surface area (Å²) in [5.41, 5.74) is -2.47. The average molecular weight is 409 g/mol. The van der Waals surface area contributed by atoms with Gasteiger partial charge < -0.3 is 23.8 Å². The van der Waals surface area contributed by atoms with Gasteiger partial charge in [-0.2, -0.15) is 13.2 Å². The number of methoxy groups -OCH3 is 2. The molecule has 1 saturated heterocycles. The first kappa shape index (κ1) is 20.7. The summed E-state index contributed by atoms with van der Waals surface area (Å²) in [4.78, 5) is 38.0. The Kier molecular flexibility index (Phi) is 5.01. The van der Waals surface area contributed by atoms with Gasteiger partial charge in [-0.3, -0.25) is 4.79 Å². The third-order valence-corrected chi connectivity index (χ3v) is 6.40. The molecule has 1 heterocycles. The Bertz CT molecular complexity index is 684. The molecule has 0 unspecified atom stereocenters. The molecule has 3 fully saturated rings. The molecule has 0 spiro atoms. The van der Waals surface area contributed by atoms with Gasteiger partial charge in [-0.05, 0) is 19.8 Å². The Labute approximate surface area is 159 Å². The summed E-state index contributed by atoms with van der Waals surface area (Å²) in [5, 5.41) is 0. The topological polar surface area (TPSA) is 91.4 Å². The van der Waals surface area contributed by atoms with E-state index in [9.17, 15) is 27.6 Å². The summed E-state index contributed by atoms with van der Waals surface area (Å²) in [6.45, 7) is 1.77. The molecular formula is C17H22F3NO7. The molecule has 2 saturated carbocycles. The van der Waals surface area contributed by atoms with Gasteiger partial charge in [0.2, 0.25) is 0 Å². The number of halogens is 3. The third-order valence-electron chi connectivity index (χ3n) is 6.40. The zero-order valence-electron chi connectivity index (χ0n) is 15.7. The van der Waals surface area contributed by atoms with Gasteiger partial charge in [0.05, 0.1) is 25.4 Å². The molecule has 0 aromatic heterocycles. The lowest BCUT2D eigenvalue weighted by molar-refractivity contribution is -0.221. The van der Waals surface area contributed by atoms with Gasteiger partial charge in [0, 0.05) is 26.0 Å². The van der Waals surface area contributed by atoms with Crippen LogP contribution in [-0.2, 0) is 28.5 Å². The molecule has 2 aliphatic carbocycles. The summed E-state index contributed by atoms with van der Waals surface area (Å²) >= 11 is 0. The predicted molar refractivity (Wildman–Crippen MR) is 85.0 cm³/mol. The van der Waals surface area contributed by atoms with Crippen molar-refractivity contribution >= 4 is 18.0 Å². The van der Waals surface area contributed by atoms with E-state index in [4.69, 9.17) is 18.9 Å². The number of hydrogen-bond acceptors (Lipinski definition) is 7. The molecule has 158 valence electrons. The monoisotopic (exact) mass is 409 g/mol. The van der Waals surface area contributed by atoms with Gasteiger partial charge in [0.15, 0.2) is 0 Å². The number of likely N-dealkylation sites (tertiary alicyclic amines) is 1. The fourth-order valence-electron chi connectivity index (χ4n) is 5.32. The molecule has 28 heavy (non-hydrogen) atoms. The van der Waals surface area contributed by atoms with Crippen LogP contribution in [0.5, 0.6) is 0 Å². The summed E-state index contributed by atoms with van der Waals surface area (Å²) in [5.74, 6) is -3.84. The molecule has 5 atom stereocenters. The van der Waals surface area contributed by atoms with Crippen molar-refractivity contribution < 1.29 is 46.5 Å². The van der Waals surface area contributed by atoms with E-state index in [1.54, 1.807) is 6.92 Å². The van der Waals surface area contributed by atoms with E-state index in [2.05, 4.69) is 0 Å². The van der Waals surface area contributed by atoms with Crippen molar-refractivity contribution in [3.05, 3.63) is 0 Å². The number of hydrogen-bond donors (Lipinski definition) is 0. The fourth-order valence-corrected chi connectivity index (χ4v) is 5.32. The van der Waals surface area contributed by atoms with Crippen molar-refractivity contribution in [3.8, 4) is 0 Å². The Hall–Kier alpha value is -2.04. The van der Waals surface area contributed by atoms with E-state index in [1.165, 1.54) is 12.0 Å². The quantitative estimate of drug-likeness (QED) is 0.515. The van der Waals surface area contributed by atoms with E-state index in [0.29, 0.717) is 6.42 Å². The Morgan fingerprint density at radius 3 is 2.39 bits per heavy atom. The van der Waals surface area contributed by atoms with Crippen LogP contribution in [0, 0.1) is 11.3 Å². The molecule has 1 amide bonds. The van der Waals surface area contributed by atoms with Gasteiger partial charge >= 0.3 is 24.2 Å². The van der Waals surface area contributed by atoms with Crippen LogP contribution in [0.3, 0.4) is 0 Å². The van der Waals surface area contributed by atoms with Gasteiger partial charge in [-0.15, -0.1) is 0 Å². The number of amides is 1. The van der Waals surface area contributed by atoms with Crippen LogP contribution in [-0.4, -0.2) is 74.2 Å². The van der Waals surface area contributed by atoms with Crippen molar-refractivity contribution in [1.29, 1.82) is 0 Å². The summed E-state index contributed by atoms with van der Waals surface area (Å²) in [6.07, 6.45) is -6.99. The van der Waals surface area contributed by atoms with Crippen LogP contribution >= 0.6 is 0 Å². The minimum atomic E-state index is -5.20. The summed E-state index contributed by atoms with van der Waals surface area (Å²) in [7, 11) is 2.56. The second kappa shape index (κ2) is 6.78. The van der Waals surface area contributed by atoms with Gasteiger partial charge in [-0.25, -0.2) is 9.59 Å². The van der Waals surface area contributed by atoms with Crippen molar-refractivity contribution in [1.82, 2.24) is 4.90 Å². The molecular weight excluding hydrogens is 387 g/mol. The summed E-state index contributed by atoms with van der Waals surface area (Å²) < 4.78 is 58.9.